The summed E-state index contributed by atoms with van der Waals surface area (Å²) in [6.45, 7) is 4.61. The van der Waals surface area contributed by atoms with Crippen LogP contribution in [0.15, 0.2) is 64.0 Å². The first-order valence-electron chi connectivity index (χ1n) is 8.61. The van der Waals surface area contributed by atoms with Crippen molar-refractivity contribution in [3.8, 4) is 0 Å². The topological polar surface area (TPSA) is 96.0 Å². The molecule has 0 spiro atoms. The number of benzene rings is 2. The minimum atomic E-state index is -3.64. The fraction of sp³-hybridized carbons (Fsp3) is 0.158. The van der Waals surface area contributed by atoms with Gasteiger partial charge >= 0.3 is 0 Å². The monoisotopic (exact) mass is 461 g/mol. The molecular formula is C19H20BrN5O2S. The van der Waals surface area contributed by atoms with Crippen molar-refractivity contribution in [2.24, 2.45) is 0 Å². The molecule has 3 rings (SSSR count). The first kappa shape index (κ1) is 20.1. The van der Waals surface area contributed by atoms with Crippen molar-refractivity contribution >= 4 is 49.1 Å². The van der Waals surface area contributed by atoms with E-state index in [4.69, 9.17) is 0 Å². The van der Waals surface area contributed by atoms with Crippen LogP contribution in [0.3, 0.4) is 0 Å². The highest BCUT2D eigenvalue weighted by Crippen LogP contribution is 2.22. The SMILES string of the molecule is CCNc1nc(C)cc(Nc2ccc(NS(=O)(=O)c3ccc(Br)cc3)cc2)n1. The molecule has 0 atom stereocenters. The van der Waals surface area contributed by atoms with Crippen LogP contribution in [0.2, 0.25) is 0 Å². The van der Waals surface area contributed by atoms with Gasteiger partial charge in [-0.15, -0.1) is 0 Å². The molecule has 0 aliphatic heterocycles. The lowest BCUT2D eigenvalue weighted by Gasteiger charge is -2.11. The van der Waals surface area contributed by atoms with E-state index in [9.17, 15) is 8.42 Å². The Morgan fingerprint density at radius 2 is 1.61 bits per heavy atom. The van der Waals surface area contributed by atoms with Crippen LogP contribution in [0.5, 0.6) is 0 Å². The van der Waals surface area contributed by atoms with Gasteiger partial charge in [0.25, 0.3) is 10.0 Å². The molecule has 3 aromatic rings. The van der Waals surface area contributed by atoms with Gasteiger partial charge in [-0.3, -0.25) is 4.72 Å². The summed E-state index contributed by atoms with van der Waals surface area (Å²) >= 11 is 3.30. The molecule has 0 unspecified atom stereocenters. The number of hydrogen-bond acceptors (Lipinski definition) is 6. The molecule has 9 heteroatoms. The van der Waals surface area contributed by atoms with Crippen molar-refractivity contribution in [3.05, 3.63) is 64.8 Å². The summed E-state index contributed by atoms with van der Waals surface area (Å²) < 4.78 is 28.3. The third-order valence-corrected chi connectivity index (χ3v) is 5.65. The lowest BCUT2D eigenvalue weighted by atomic mass is 10.3. The Balaban J connectivity index is 1.72. The zero-order valence-electron chi connectivity index (χ0n) is 15.4. The summed E-state index contributed by atoms with van der Waals surface area (Å²) in [6, 6.07) is 15.2. The number of aromatic nitrogens is 2. The Labute approximate surface area is 172 Å². The van der Waals surface area contributed by atoms with Crippen LogP contribution in [0.1, 0.15) is 12.6 Å². The van der Waals surface area contributed by atoms with Crippen molar-refractivity contribution in [3.63, 3.8) is 0 Å². The molecule has 2 aromatic carbocycles. The van der Waals surface area contributed by atoms with E-state index in [1.54, 1.807) is 48.5 Å². The zero-order valence-corrected chi connectivity index (χ0v) is 17.8. The van der Waals surface area contributed by atoms with Gasteiger partial charge in [-0.1, -0.05) is 15.9 Å². The van der Waals surface area contributed by atoms with E-state index in [1.807, 2.05) is 19.9 Å². The molecule has 0 fully saturated rings. The second kappa shape index (κ2) is 8.57. The van der Waals surface area contributed by atoms with E-state index in [-0.39, 0.29) is 4.90 Å². The summed E-state index contributed by atoms with van der Waals surface area (Å²) in [4.78, 5) is 8.91. The molecule has 0 aliphatic rings. The Hall–Kier alpha value is -2.65. The Morgan fingerprint density at radius 3 is 2.25 bits per heavy atom. The lowest BCUT2D eigenvalue weighted by Crippen LogP contribution is -2.12. The van der Waals surface area contributed by atoms with E-state index in [0.717, 1.165) is 22.4 Å². The van der Waals surface area contributed by atoms with Gasteiger partial charge in [0.05, 0.1) is 4.90 Å². The predicted octanol–water partition coefficient (Wildman–Crippen LogP) is 4.52. The number of hydrogen-bond donors (Lipinski definition) is 3. The molecule has 1 heterocycles. The van der Waals surface area contributed by atoms with E-state index in [0.29, 0.717) is 17.5 Å². The molecule has 7 nitrogen and oxygen atoms in total. The molecule has 28 heavy (non-hydrogen) atoms. The molecule has 0 saturated heterocycles. The summed E-state index contributed by atoms with van der Waals surface area (Å²) in [5.74, 6) is 1.22. The molecule has 1 aromatic heterocycles. The Morgan fingerprint density at radius 1 is 0.964 bits per heavy atom. The van der Waals surface area contributed by atoms with E-state index in [1.165, 1.54) is 0 Å². The summed E-state index contributed by atoms with van der Waals surface area (Å²) in [7, 11) is -3.64. The predicted molar refractivity (Wildman–Crippen MR) is 116 cm³/mol. The average Bonchev–Trinajstić information content (AvgIpc) is 2.63. The highest BCUT2D eigenvalue weighted by Gasteiger charge is 2.13. The van der Waals surface area contributed by atoms with Crippen LogP contribution in [0.25, 0.3) is 0 Å². The van der Waals surface area contributed by atoms with Crippen LogP contribution in [-0.4, -0.2) is 24.9 Å². The highest BCUT2D eigenvalue weighted by molar-refractivity contribution is 9.10. The van der Waals surface area contributed by atoms with Crippen molar-refractivity contribution in [2.45, 2.75) is 18.7 Å². The maximum atomic E-state index is 12.5. The van der Waals surface area contributed by atoms with E-state index >= 15 is 0 Å². The normalized spacial score (nSPS) is 11.1. The third kappa shape index (κ3) is 5.20. The smallest absolute Gasteiger partial charge is 0.261 e. The fourth-order valence-electron chi connectivity index (χ4n) is 2.47. The number of nitrogens with one attached hydrogen (secondary N) is 3. The second-order valence-electron chi connectivity index (χ2n) is 6.01. The summed E-state index contributed by atoms with van der Waals surface area (Å²) in [5.41, 5.74) is 2.10. The quantitative estimate of drug-likeness (QED) is 0.478. The van der Waals surface area contributed by atoms with Gasteiger partial charge in [0.2, 0.25) is 5.95 Å². The number of rotatable bonds is 7. The second-order valence-corrected chi connectivity index (χ2v) is 8.61. The number of nitrogens with zero attached hydrogens (tertiary/aromatic N) is 2. The van der Waals surface area contributed by atoms with Gasteiger partial charge in [0, 0.05) is 34.2 Å². The van der Waals surface area contributed by atoms with Gasteiger partial charge < -0.3 is 10.6 Å². The number of halogens is 1. The van der Waals surface area contributed by atoms with Crippen molar-refractivity contribution in [2.75, 3.05) is 21.9 Å². The lowest BCUT2D eigenvalue weighted by molar-refractivity contribution is 0.601. The largest absolute Gasteiger partial charge is 0.354 e. The molecule has 0 bridgehead atoms. The first-order valence-corrected chi connectivity index (χ1v) is 10.9. The molecule has 146 valence electrons. The standard InChI is InChI=1S/C19H20BrN5O2S/c1-3-21-19-22-13(2)12-18(24-19)23-15-6-8-16(9-7-15)25-28(26,27)17-10-4-14(20)5-11-17/h4-12,25H,3H2,1-2H3,(H2,21,22,23,24). The molecule has 0 saturated carbocycles. The molecular weight excluding hydrogens is 442 g/mol. The van der Waals surface area contributed by atoms with Gasteiger partial charge in [0.1, 0.15) is 5.82 Å². The number of anilines is 4. The van der Waals surface area contributed by atoms with Gasteiger partial charge in [-0.2, -0.15) is 4.98 Å². The summed E-state index contributed by atoms with van der Waals surface area (Å²) in [6.07, 6.45) is 0. The molecule has 0 radical (unpaired) electrons. The van der Waals surface area contributed by atoms with Gasteiger partial charge in [0.15, 0.2) is 0 Å². The maximum Gasteiger partial charge on any atom is 0.261 e. The maximum absolute atomic E-state index is 12.5. The molecule has 3 N–H and O–H groups in total. The first-order chi connectivity index (χ1) is 13.4. The Bertz CT molecular complexity index is 1050. The van der Waals surface area contributed by atoms with Crippen LogP contribution in [0.4, 0.5) is 23.1 Å². The number of sulfonamides is 1. The molecule has 0 aliphatic carbocycles. The van der Waals surface area contributed by atoms with Gasteiger partial charge in [-0.05, 0) is 62.4 Å². The van der Waals surface area contributed by atoms with Gasteiger partial charge in [-0.25, -0.2) is 13.4 Å². The Kier molecular flexibility index (Phi) is 6.15. The minimum absolute atomic E-state index is 0.199. The van der Waals surface area contributed by atoms with Crippen LogP contribution in [0, 0.1) is 6.92 Å². The summed E-state index contributed by atoms with van der Waals surface area (Å²) in [5, 5.41) is 6.28. The van der Waals surface area contributed by atoms with Crippen LogP contribution < -0.4 is 15.4 Å². The number of aryl methyl sites for hydroxylation is 1. The molecule has 0 amide bonds. The van der Waals surface area contributed by atoms with Crippen molar-refractivity contribution in [1.29, 1.82) is 0 Å². The minimum Gasteiger partial charge on any atom is -0.354 e. The van der Waals surface area contributed by atoms with Crippen LogP contribution in [-0.2, 0) is 10.0 Å². The van der Waals surface area contributed by atoms with Crippen LogP contribution >= 0.6 is 15.9 Å². The van der Waals surface area contributed by atoms with Crippen molar-refractivity contribution < 1.29 is 8.42 Å². The highest BCUT2D eigenvalue weighted by atomic mass is 79.9. The van der Waals surface area contributed by atoms with E-state index in [2.05, 4.69) is 41.3 Å². The van der Waals surface area contributed by atoms with E-state index < -0.39 is 10.0 Å². The van der Waals surface area contributed by atoms with Crippen molar-refractivity contribution in [1.82, 2.24) is 9.97 Å². The third-order valence-electron chi connectivity index (χ3n) is 3.72. The zero-order chi connectivity index (χ0) is 20.1. The average molecular weight is 462 g/mol. The fourth-order valence-corrected chi connectivity index (χ4v) is 3.79.